The summed E-state index contributed by atoms with van der Waals surface area (Å²) in [5.41, 5.74) is 1.06. The van der Waals surface area contributed by atoms with Crippen molar-refractivity contribution < 1.29 is 9.84 Å². The molecule has 98 valence electrons. The van der Waals surface area contributed by atoms with Crippen molar-refractivity contribution in [3.05, 3.63) is 72.8 Å². The van der Waals surface area contributed by atoms with Crippen molar-refractivity contribution >= 4 is 0 Å². The maximum absolute atomic E-state index is 9.77. The predicted octanol–water partition coefficient (Wildman–Crippen LogP) is 3.96. The molecular formula is C17H18O2. The van der Waals surface area contributed by atoms with E-state index in [0.29, 0.717) is 12.8 Å². The van der Waals surface area contributed by atoms with Crippen LogP contribution >= 0.6 is 0 Å². The number of benzene rings is 2. The topological polar surface area (TPSA) is 29.5 Å². The van der Waals surface area contributed by atoms with Crippen molar-refractivity contribution in [1.29, 1.82) is 0 Å². The van der Waals surface area contributed by atoms with E-state index in [4.69, 9.17) is 4.74 Å². The van der Waals surface area contributed by atoms with Crippen molar-refractivity contribution in [3.8, 4) is 11.5 Å². The lowest BCUT2D eigenvalue weighted by Crippen LogP contribution is -2.08. The number of rotatable bonds is 6. The molecule has 2 aromatic carbocycles. The Labute approximate surface area is 114 Å². The lowest BCUT2D eigenvalue weighted by atomic mass is 10.1. The number of hydrogen-bond acceptors (Lipinski definition) is 2. The summed E-state index contributed by atoms with van der Waals surface area (Å²) in [6, 6.07) is 17.5. The van der Waals surface area contributed by atoms with Crippen LogP contribution in [-0.4, -0.2) is 11.2 Å². The lowest BCUT2D eigenvalue weighted by molar-refractivity contribution is 0.178. The molecule has 0 saturated carbocycles. The first-order chi connectivity index (χ1) is 9.28. The van der Waals surface area contributed by atoms with Gasteiger partial charge in [-0.1, -0.05) is 36.4 Å². The summed E-state index contributed by atoms with van der Waals surface area (Å²) in [6.45, 7) is 3.63. The molecule has 0 heterocycles. The van der Waals surface area contributed by atoms with Gasteiger partial charge in [0.1, 0.15) is 11.5 Å². The highest BCUT2D eigenvalue weighted by molar-refractivity contribution is 5.34. The highest BCUT2D eigenvalue weighted by atomic mass is 16.5. The van der Waals surface area contributed by atoms with Gasteiger partial charge in [-0.05, 0) is 42.7 Å². The molecule has 0 aliphatic heterocycles. The molecule has 1 N–H and O–H groups in total. The van der Waals surface area contributed by atoms with Crippen LogP contribution in [0.5, 0.6) is 11.5 Å². The van der Waals surface area contributed by atoms with E-state index in [1.54, 1.807) is 6.08 Å². The third kappa shape index (κ3) is 4.27. The Bertz CT molecular complexity index is 520. The van der Waals surface area contributed by atoms with Gasteiger partial charge >= 0.3 is 0 Å². The van der Waals surface area contributed by atoms with Gasteiger partial charge in [0.05, 0.1) is 6.10 Å². The zero-order chi connectivity index (χ0) is 13.5. The van der Waals surface area contributed by atoms with Gasteiger partial charge < -0.3 is 9.84 Å². The standard InChI is InChI=1S/C17H18O2/c1-2-7-15(18)12-14-8-6-11-17(13-14)19-16-9-4-3-5-10-16/h2-6,8-11,13,15,18H,1,7,12H2. The van der Waals surface area contributed by atoms with Gasteiger partial charge in [-0.3, -0.25) is 0 Å². The van der Waals surface area contributed by atoms with Crippen molar-refractivity contribution in [2.45, 2.75) is 18.9 Å². The van der Waals surface area contributed by atoms with E-state index < -0.39 is 0 Å². The molecule has 0 aromatic heterocycles. The van der Waals surface area contributed by atoms with Crippen LogP contribution in [0.1, 0.15) is 12.0 Å². The second-order valence-electron chi connectivity index (χ2n) is 4.44. The van der Waals surface area contributed by atoms with Crippen LogP contribution in [0.4, 0.5) is 0 Å². The van der Waals surface area contributed by atoms with Gasteiger partial charge in [-0.15, -0.1) is 6.58 Å². The fourth-order valence-electron chi connectivity index (χ4n) is 1.91. The molecule has 1 unspecified atom stereocenters. The summed E-state index contributed by atoms with van der Waals surface area (Å²) in [7, 11) is 0. The molecular weight excluding hydrogens is 236 g/mol. The van der Waals surface area contributed by atoms with E-state index in [2.05, 4.69) is 6.58 Å². The molecule has 19 heavy (non-hydrogen) atoms. The number of hydrogen-bond donors (Lipinski definition) is 1. The van der Waals surface area contributed by atoms with Gasteiger partial charge in [0.15, 0.2) is 0 Å². The SMILES string of the molecule is C=CCC(O)Cc1cccc(Oc2ccccc2)c1. The Morgan fingerprint density at radius 2 is 1.79 bits per heavy atom. The monoisotopic (exact) mass is 254 g/mol. The molecule has 2 nitrogen and oxygen atoms in total. The summed E-state index contributed by atoms with van der Waals surface area (Å²) in [5, 5.41) is 9.77. The van der Waals surface area contributed by atoms with Gasteiger partial charge in [-0.25, -0.2) is 0 Å². The van der Waals surface area contributed by atoms with Crippen molar-refractivity contribution in [2.75, 3.05) is 0 Å². The van der Waals surface area contributed by atoms with Crippen LogP contribution in [0, 0.1) is 0 Å². The maximum atomic E-state index is 9.77. The third-order valence-corrected chi connectivity index (χ3v) is 2.79. The first-order valence-corrected chi connectivity index (χ1v) is 6.39. The summed E-state index contributed by atoms with van der Waals surface area (Å²) in [6.07, 6.45) is 2.56. The van der Waals surface area contributed by atoms with Crippen LogP contribution in [-0.2, 0) is 6.42 Å². The van der Waals surface area contributed by atoms with E-state index in [-0.39, 0.29) is 6.10 Å². The van der Waals surface area contributed by atoms with E-state index in [0.717, 1.165) is 17.1 Å². The van der Waals surface area contributed by atoms with Crippen molar-refractivity contribution in [1.82, 2.24) is 0 Å². The zero-order valence-corrected chi connectivity index (χ0v) is 10.8. The van der Waals surface area contributed by atoms with Crippen LogP contribution in [0.15, 0.2) is 67.3 Å². The lowest BCUT2D eigenvalue weighted by Gasteiger charge is -2.10. The molecule has 2 aromatic rings. The van der Waals surface area contributed by atoms with Gasteiger partial charge in [0, 0.05) is 0 Å². The quantitative estimate of drug-likeness (QED) is 0.791. The molecule has 2 rings (SSSR count). The molecule has 0 bridgehead atoms. The van der Waals surface area contributed by atoms with Gasteiger partial charge in [0.2, 0.25) is 0 Å². The summed E-state index contributed by atoms with van der Waals surface area (Å²) in [4.78, 5) is 0. The zero-order valence-electron chi connectivity index (χ0n) is 10.8. The minimum atomic E-state index is -0.385. The number of para-hydroxylation sites is 1. The van der Waals surface area contributed by atoms with E-state index >= 15 is 0 Å². The fourth-order valence-corrected chi connectivity index (χ4v) is 1.91. The largest absolute Gasteiger partial charge is 0.457 e. The average Bonchev–Trinajstić information content (AvgIpc) is 2.40. The van der Waals surface area contributed by atoms with Crippen LogP contribution in [0.3, 0.4) is 0 Å². The number of aliphatic hydroxyl groups is 1. The molecule has 0 fully saturated rings. The second-order valence-corrected chi connectivity index (χ2v) is 4.44. The highest BCUT2D eigenvalue weighted by Gasteiger charge is 2.05. The second kappa shape index (κ2) is 6.76. The Morgan fingerprint density at radius 1 is 1.05 bits per heavy atom. The molecule has 0 aliphatic rings. The highest BCUT2D eigenvalue weighted by Crippen LogP contribution is 2.22. The van der Waals surface area contributed by atoms with Crippen molar-refractivity contribution in [3.63, 3.8) is 0 Å². The Morgan fingerprint density at radius 3 is 2.53 bits per heavy atom. The third-order valence-electron chi connectivity index (χ3n) is 2.79. The first-order valence-electron chi connectivity index (χ1n) is 6.39. The van der Waals surface area contributed by atoms with Crippen LogP contribution in [0.2, 0.25) is 0 Å². The van der Waals surface area contributed by atoms with Gasteiger partial charge in [-0.2, -0.15) is 0 Å². The molecule has 1 atom stereocenters. The van der Waals surface area contributed by atoms with Crippen LogP contribution < -0.4 is 4.74 Å². The molecule has 0 aliphatic carbocycles. The molecule has 0 amide bonds. The molecule has 0 radical (unpaired) electrons. The maximum Gasteiger partial charge on any atom is 0.127 e. The minimum absolute atomic E-state index is 0.385. The Balaban J connectivity index is 2.05. The molecule has 2 heteroatoms. The normalized spacial score (nSPS) is 11.8. The molecule has 0 saturated heterocycles. The summed E-state index contributed by atoms with van der Waals surface area (Å²) in [5.74, 6) is 1.60. The smallest absolute Gasteiger partial charge is 0.127 e. The van der Waals surface area contributed by atoms with Crippen LogP contribution in [0.25, 0.3) is 0 Å². The first kappa shape index (κ1) is 13.4. The minimum Gasteiger partial charge on any atom is -0.457 e. The van der Waals surface area contributed by atoms with E-state index in [1.807, 2.05) is 54.6 Å². The summed E-state index contributed by atoms with van der Waals surface area (Å²) >= 11 is 0. The Hall–Kier alpha value is -2.06. The predicted molar refractivity (Wildman–Crippen MR) is 77.5 cm³/mol. The number of ether oxygens (including phenoxy) is 1. The molecule has 0 spiro atoms. The van der Waals surface area contributed by atoms with Crippen molar-refractivity contribution in [2.24, 2.45) is 0 Å². The Kier molecular flexibility index (Phi) is 4.76. The average molecular weight is 254 g/mol. The van der Waals surface area contributed by atoms with E-state index in [9.17, 15) is 5.11 Å². The van der Waals surface area contributed by atoms with Gasteiger partial charge in [0.25, 0.3) is 0 Å². The summed E-state index contributed by atoms with van der Waals surface area (Å²) < 4.78 is 5.76. The fraction of sp³-hybridized carbons (Fsp3) is 0.176. The number of aliphatic hydroxyl groups excluding tert-OH is 1. The van der Waals surface area contributed by atoms with E-state index in [1.165, 1.54) is 0 Å².